The van der Waals surface area contributed by atoms with Crippen molar-refractivity contribution in [2.45, 2.75) is 39.5 Å². The van der Waals surface area contributed by atoms with E-state index in [4.69, 9.17) is 0 Å². The summed E-state index contributed by atoms with van der Waals surface area (Å²) in [5, 5.41) is 0. The van der Waals surface area contributed by atoms with Crippen LogP contribution in [0.25, 0.3) is 11.1 Å². The van der Waals surface area contributed by atoms with E-state index in [9.17, 15) is 4.39 Å². The minimum atomic E-state index is -0.252. The van der Waals surface area contributed by atoms with E-state index < -0.39 is 0 Å². The predicted molar refractivity (Wildman–Crippen MR) is 120 cm³/mol. The minimum absolute atomic E-state index is 0.252. The van der Waals surface area contributed by atoms with Crippen molar-refractivity contribution in [3.8, 4) is 34.8 Å². The second kappa shape index (κ2) is 10.3. The normalized spacial score (nSPS) is 9.90. The molecule has 0 fully saturated rings. The molecule has 0 spiro atoms. The van der Waals surface area contributed by atoms with Crippen molar-refractivity contribution in [3.05, 3.63) is 94.8 Å². The molecule has 1 heteroatoms. The lowest BCUT2D eigenvalue weighted by Crippen LogP contribution is -1.87. The van der Waals surface area contributed by atoms with Gasteiger partial charge in [-0.1, -0.05) is 79.1 Å². The van der Waals surface area contributed by atoms with Gasteiger partial charge in [0.2, 0.25) is 0 Å². The molecule has 0 saturated heterocycles. The Kier molecular flexibility index (Phi) is 7.27. The number of unbranched alkanes of at least 4 members (excludes halogenated alkanes) is 2. The van der Waals surface area contributed by atoms with Gasteiger partial charge in [0.25, 0.3) is 0 Å². The third-order valence-corrected chi connectivity index (χ3v) is 4.71. The van der Waals surface area contributed by atoms with Crippen LogP contribution >= 0.6 is 0 Å². The summed E-state index contributed by atoms with van der Waals surface area (Å²) < 4.78 is 14.5. The lowest BCUT2D eigenvalue weighted by molar-refractivity contribution is 0.631. The van der Waals surface area contributed by atoms with Crippen molar-refractivity contribution < 1.29 is 4.39 Å². The summed E-state index contributed by atoms with van der Waals surface area (Å²) >= 11 is 0. The fourth-order valence-electron chi connectivity index (χ4n) is 2.93. The van der Waals surface area contributed by atoms with Gasteiger partial charge in [-0.2, -0.15) is 0 Å². The lowest BCUT2D eigenvalue weighted by Gasteiger charge is -2.04. The molecular formula is C28H25F. The maximum Gasteiger partial charge on any atom is 0.132 e. The summed E-state index contributed by atoms with van der Waals surface area (Å²) in [4.78, 5) is 0. The molecule has 0 aromatic heterocycles. The van der Waals surface area contributed by atoms with Crippen LogP contribution in [0.2, 0.25) is 0 Å². The maximum atomic E-state index is 14.5. The highest BCUT2D eigenvalue weighted by molar-refractivity contribution is 5.65. The highest BCUT2D eigenvalue weighted by Crippen LogP contribution is 2.23. The molecule has 0 heterocycles. The van der Waals surface area contributed by atoms with Gasteiger partial charge >= 0.3 is 0 Å². The SMILES string of the molecule is CCCCC#CCc1ccc(C#Cc2ccc(-c3ccc(C)cc3)c(F)c2)cc1. The molecule has 3 rings (SSSR count). The largest absolute Gasteiger partial charge is 0.206 e. The molecular weight excluding hydrogens is 355 g/mol. The zero-order chi connectivity index (χ0) is 20.5. The number of hydrogen-bond donors (Lipinski definition) is 0. The van der Waals surface area contributed by atoms with Crippen LogP contribution in [0.15, 0.2) is 66.7 Å². The van der Waals surface area contributed by atoms with Crippen molar-refractivity contribution in [2.24, 2.45) is 0 Å². The van der Waals surface area contributed by atoms with Crippen LogP contribution in [0, 0.1) is 36.4 Å². The van der Waals surface area contributed by atoms with Gasteiger partial charge in [0.1, 0.15) is 5.82 Å². The van der Waals surface area contributed by atoms with Crippen LogP contribution in [0.1, 0.15) is 48.4 Å². The van der Waals surface area contributed by atoms with E-state index in [1.807, 2.05) is 49.4 Å². The number of hydrogen-bond acceptors (Lipinski definition) is 0. The Bertz CT molecular complexity index is 1070. The van der Waals surface area contributed by atoms with Gasteiger partial charge < -0.3 is 0 Å². The number of rotatable bonds is 4. The van der Waals surface area contributed by atoms with Gasteiger partial charge in [-0.3, -0.25) is 0 Å². The highest BCUT2D eigenvalue weighted by atomic mass is 19.1. The summed E-state index contributed by atoms with van der Waals surface area (Å²) in [6, 6.07) is 21.1. The Hall–Kier alpha value is -3.29. The van der Waals surface area contributed by atoms with Crippen LogP contribution in [-0.4, -0.2) is 0 Å². The third-order valence-electron chi connectivity index (χ3n) is 4.71. The van der Waals surface area contributed by atoms with E-state index >= 15 is 0 Å². The van der Waals surface area contributed by atoms with E-state index in [0.29, 0.717) is 11.1 Å². The minimum Gasteiger partial charge on any atom is -0.206 e. The van der Waals surface area contributed by atoms with Crippen LogP contribution in [0.4, 0.5) is 4.39 Å². The Morgan fingerprint density at radius 2 is 1.48 bits per heavy atom. The van der Waals surface area contributed by atoms with Crippen molar-refractivity contribution in [3.63, 3.8) is 0 Å². The molecule has 0 N–H and O–H groups in total. The van der Waals surface area contributed by atoms with Gasteiger partial charge in [-0.15, -0.1) is 5.92 Å². The van der Waals surface area contributed by atoms with Gasteiger partial charge in [0.15, 0.2) is 0 Å². The summed E-state index contributed by atoms with van der Waals surface area (Å²) in [6.07, 6.45) is 4.08. The van der Waals surface area contributed by atoms with Crippen molar-refractivity contribution >= 4 is 0 Å². The second-order valence-electron chi connectivity index (χ2n) is 7.14. The molecule has 3 aromatic carbocycles. The molecule has 0 nitrogen and oxygen atoms in total. The fourth-order valence-corrected chi connectivity index (χ4v) is 2.93. The fraction of sp³-hybridized carbons (Fsp3) is 0.214. The zero-order valence-corrected chi connectivity index (χ0v) is 17.1. The van der Waals surface area contributed by atoms with Crippen molar-refractivity contribution in [1.82, 2.24) is 0 Å². The zero-order valence-electron chi connectivity index (χ0n) is 17.1. The number of aryl methyl sites for hydroxylation is 1. The molecule has 144 valence electrons. The van der Waals surface area contributed by atoms with E-state index in [1.54, 1.807) is 6.07 Å². The molecule has 29 heavy (non-hydrogen) atoms. The smallest absolute Gasteiger partial charge is 0.132 e. The van der Waals surface area contributed by atoms with E-state index in [2.05, 4.69) is 42.7 Å². The quantitative estimate of drug-likeness (QED) is 0.340. The van der Waals surface area contributed by atoms with Gasteiger partial charge in [-0.05, 0) is 48.7 Å². The first kappa shape index (κ1) is 20.4. The third kappa shape index (κ3) is 6.10. The Balaban J connectivity index is 1.67. The molecule has 0 unspecified atom stereocenters. The Morgan fingerprint density at radius 1 is 0.793 bits per heavy atom. The molecule has 0 aliphatic heterocycles. The first-order chi connectivity index (χ1) is 14.2. The van der Waals surface area contributed by atoms with Crippen molar-refractivity contribution in [2.75, 3.05) is 0 Å². The molecule has 0 bridgehead atoms. The van der Waals surface area contributed by atoms with Crippen LogP contribution in [0.5, 0.6) is 0 Å². The Morgan fingerprint density at radius 3 is 2.17 bits per heavy atom. The summed E-state index contributed by atoms with van der Waals surface area (Å²) in [5.41, 5.74) is 5.40. The topological polar surface area (TPSA) is 0 Å². The molecule has 0 saturated carbocycles. The monoisotopic (exact) mass is 380 g/mol. The standard InChI is InChI=1S/C28H25F/c1-3-4-5-6-7-8-23-11-13-24(14-12-23)15-16-25-17-20-27(28(29)21-25)26-18-9-22(2)10-19-26/h9-14,17-21H,3-5,8H2,1-2H3. The van der Waals surface area contributed by atoms with E-state index in [-0.39, 0.29) is 5.82 Å². The summed E-state index contributed by atoms with van der Waals surface area (Å²) in [7, 11) is 0. The molecule has 0 aliphatic carbocycles. The second-order valence-corrected chi connectivity index (χ2v) is 7.14. The maximum absolute atomic E-state index is 14.5. The van der Waals surface area contributed by atoms with E-state index in [1.165, 1.54) is 18.1 Å². The molecule has 0 atom stereocenters. The summed E-state index contributed by atoms with van der Waals surface area (Å²) in [6.45, 7) is 4.20. The molecule has 0 amide bonds. The number of halogens is 1. The Labute approximate surface area is 173 Å². The van der Waals surface area contributed by atoms with Gasteiger partial charge in [-0.25, -0.2) is 4.39 Å². The first-order valence-electron chi connectivity index (χ1n) is 10.1. The van der Waals surface area contributed by atoms with Crippen LogP contribution in [-0.2, 0) is 6.42 Å². The predicted octanol–water partition coefficient (Wildman–Crippen LogP) is 6.94. The van der Waals surface area contributed by atoms with Gasteiger partial charge in [0, 0.05) is 29.5 Å². The highest BCUT2D eigenvalue weighted by Gasteiger charge is 2.05. The molecule has 3 aromatic rings. The average Bonchev–Trinajstić information content (AvgIpc) is 2.74. The van der Waals surface area contributed by atoms with Crippen LogP contribution < -0.4 is 0 Å². The average molecular weight is 381 g/mol. The van der Waals surface area contributed by atoms with E-state index in [0.717, 1.165) is 36.0 Å². The molecule has 0 radical (unpaired) electrons. The molecule has 0 aliphatic rings. The summed E-state index contributed by atoms with van der Waals surface area (Å²) in [5.74, 6) is 12.3. The lowest BCUT2D eigenvalue weighted by atomic mass is 10.0. The first-order valence-corrected chi connectivity index (χ1v) is 10.1. The van der Waals surface area contributed by atoms with Crippen molar-refractivity contribution in [1.29, 1.82) is 0 Å². The van der Waals surface area contributed by atoms with Gasteiger partial charge in [0.05, 0.1) is 0 Å². The number of benzene rings is 3. The van der Waals surface area contributed by atoms with Crippen LogP contribution in [0.3, 0.4) is 0 Å².